The SMILES string of the molecule is OCC1CCCC1Nc1cncc(Cl)n1. The van der Waals surface area contributed by atoms with Gasteiger partial charge in [-0.15, -0.1) is 0 Å². The first kappa shape index (κ1) is 10.6. The molecular weight excluding hydrogens is 214 g/mol. The lowest BCUT2D eigenvalue weighted by Crippen LogP contribution is -2.26. The lowest BCUT2D eigenvalue weighted by Gasteiger charge is -2.19. The molecule has 2 N–H and O–H groups in total. The molecular formula is C10H14ClN3O. The molecule has 2 atom stereocenters. The number of nitrogens with one attached hydrogen (secondary N) is 1. The summed E-state index contributed by atoms with van der Waals surface area (Å²) in [6.45, 7) is 0.228. The fourth-order valence-electron chi connectivity index (χ4n) is 2.05. The van der Waals surface area contributed by atoms with Crippen LogP contribution in [0.4, 0.5) is 5.82 Å². The number of aliphatic hydroxyl groups excluding tert-OH is 1. The van der Waals surface area contributed by atoms with Crippen molar-refractivity contribution in [3.63, 3.8) is 0 Å². The number of rotatable bonds is 3. The van der Waals surface area contributed by atoms with Crippen LogP contribution in [0, 0.1) is 5.92 Å². The second-order valence-corrected chi connectivity index (χ2v) is 4.24. The second kappa shape index (κ2) is 4.77. The molecule has 4 nitrogen and oxygen atoms in total. The van der Waals surface area contributed by atoms with Gasteiger partial charge < -0.3 is 10.4 Å². The van der Waals surface area contributed by atoms with Gasteiger partial charge in [0.2, 0.25) is 0 Å². The third-order valence-electron chi connectivity index (χ3n) is 2.83. The third-order valence-corrected chi connectivity index (χ3v) is 3.01. The summed E-state index contributed by atoms with van der Waals surface area (Å²) in [5.74, 6) is 1.01. The Bertz CT molecular complexity index is 334. The van der Waals surface area contributed by atoms with Gasteiger partial charge in [-0.1, -0.05) is 18.0 Å². The van der Waals surface area contributed by atoms with Gasteiger partial charge in [0.05, 0.1) is 12.4 Å². The summed E-state index contributed by atoms with van der Waals surface area (Å²) in [6, 6.07) is 0.294. The van der Waals surface area contributed by atoms with E-state index in [0.29, 0.717) is 22.9 Å². The normalized spacial score (nSPS) is 25.5. The molecule has 1 heterocycles. The van der Waals surface area contributed by atoms with Gasteiger partial charge >= 0.3 is 0 Å². The van der Waals surface area contributed by atoms with Gasteiger partial charge in [0, 0.05) is 18.6 Å². The molecule has 0 radical (unpaired) electrons. The first-order valence-corrected chi connectivity index (χ1v) is 5.52. The quantitative estimate of drug-likeness (QED) is 0.826. The Morgan fingerprint density at radius 3 is 3.07 bits per heavy atom. The van der Waals surface area contributed by atoms with Crippen LogP contribution in [-0.2, 0) is 0 Å². The van der Waals surface area contributed by atoms with Crippen LogP contribution in [-0.4, -0.2) is 27.7 Å². The number of hydrogen-bond donors (Lipinski definition) is 2. The maximum absolute atomic E-state index is 9.17. The molecule has 1 fully saturated rings. The zero-order valence-corrected chi connectivity index (χ0v) is 9.11. The Morgan fingerprint density at radius 1 is 1.47 bits per heavy atom. The molecule has 15 heavy (non-hydrogen) atoms. The summed E-state index contributed by atoms with van der Waals surface area (Å²) in [6.07, 6.45) is 6.45. The molecule has 1 aromatic heterocycles. The van der Waals surface area contributed by atoms with E-state index in [1.165, 1.54) is 6.20 Å². The van der Waals surface area contributed by atoms with Crippen LogP contribution < -0.4 is 5.32 Å². The van der Waals surface area contributed by atoms with E-state index in [2.05, 4.69) is 15.3 Å². The van der Waals surface area contributed by atoms with Crippen molar-refractivity contribution in [2.24, 2.45) is 5.92 Å². The highest BCUT2D eigenvalue weighted by Gasteiger charge is 2.26. The minimum atomic E-state index is 0.228. The molecule has 0 bridgehead atoms. The van der Waals surface area contributed by atoms with Crippen LogP contribution >= 0.6 is 11.6 Å². The van der Waals surface area contributed by atoms with E-state index in [1.54, 1.807) is 6.20 Å². The molecule has 0 aromatic carbocycles. The van der Waals surface area contributed by atoms with Crippen LogP contribution in [0.3, 0.4) is 0 Å². The van der Waals surface area contributed by atoms with E-state index in [9.17, 15) is 0 Å². The number of halogens is 1. The number of anilines is 1. The summed E-state index contributed by atoms with van der Waals surface area (Å²) in [5.41, 5.74) is 0. The molecule has 2 rings (SSSR count). The Hall–Kier alpha value is -0.870. The predicted molar refractivity (Wildman–Crippen MR) is 58.9 cm³/mol. The molecule has 82 valence electrons. The maximum Gasteiger partial charge on any atom is 0.149 e. The summed E-state index contributed by atoms with van der Waals surface area (Å²) in [7, 11) is 0. The molecule has 1 aromatic rings. The molecule has 1 aliphatic carbocycles. The molecule has 0 amide bonds. The highest BCUT2D eigenvalue weighted by atomic mass is 35.5. The van der Waals surface area contributed by atoms with Gasteiger partial charge in [-0.3, -0.25) is 4.98 Å². The smallest absolute Gasteiger partial charge is 0.149 e. The number of aromatic nitrogens is 2. The zero-order valence-electron chi connectivity index (χ0n) is 8.36. The van der Waals surface area contributed by atoms with E-state index < -0.39 is 0 Å². The number of nitrogens with zero attached hydrogens (tertiary/aromatic N) is 2. The van der Waals surface area contributed by atoms with Crippen molar-refractivity contribution in [2.45, 2.75) is 25.3 Å². The van der Waals surface area contributed by atoms with Crippen molar-refractivity contribution < 1.29 is 5.11 Å². The van der Waals surface area contributed by atoms with Crippen LogP contribution in [0.2, 0.25) is 5.15 Å². The summed E-state index contributed by atoms with van der Waals surface area (Å²) in [5, 5.41) is 12.8. The highest BCUT2D eigenvalue weighted by molar-refractivity contribution is 6.29. The van der Waals surface area contributed by atoms with Crippen molar-refractivity contribution in [1.29, 1.82) is 0 Å². The monoisotopic (exact) mass is 227 g/mol. The Morgan fingerprint density at radius 2 is 2.33 bits per heavy atom. The third kappa shape index (κ3) is 2.58. The van der Waals surface area contributed by atoms with Crippen LogP contribution in [0.25, 0.3) is 0 Å². The molecule has 1 saturated carbocycles. The van der Waals surface area contributed by atoms with Crippen LogP contribution in [0.5, 0.6) is 0 Å². The standard InChI is InChI=1S/C10H14ClN3O/c11-9-4-12-5-10(14-9)13-8-3-1-2-7(8)6-15/h4-5,7-8,15H,1-3,6H2,(H,13,14). The van der Waals surface area contributed by atoms with Crippen LogP contribution in [0.15, 0.2) is 12.4 Å². The van der Waals surface area contributed by atoms with Gasteiger partial charge in [0.25, 0.3) is 0 Å². The average Bonchev–Trinajstić information content (AvgIpc) is 2.65. The first-order chi connectivity index (χ1) is 7.29. The van der Waals surface area contributed by atoms with E-state index in [-0.39, 0.29) is 6.61 Å². The minimum Gasteiger partial charge on any atom is -0.396 e. The van der Waals surface area contributed by atoms with Crippen molar-refractivity contribution in [1.82, 2.24) is 9.97 Å². The maximum atomic E-state index is 9.17. The van der Waals surface area contributed by atoms with E-state index in [0.717, 1.165) is 19.3 Å². The first-order valence-electron chi connectivity index (χ1n) is 5.14. The summed E-state index contributed by atoms with van der Waals surface area (Å²) >= 11 is 5.74. The largest absolute Gasteiger partial charge is 0.396 e. The molecule has 5 heteroatoms. The summed E-state index contributed by atoms with van der Waals surface area (Å²) in [4.78, 5) is 8.07. The molecule has 0 aliphatic heterocycles. The van der Waals surface area contributed by atoms with Crippen molar-refractivity contribution in [3.8, 4) is 0 Å². The lowest BCUT2D eigenvalue weighted by molar-refractivity contribution is 0.222. The number of hydrogen-bond acceptors (Lipinski definition) is 4. The fourth-order valence-corrected chi connectivity index (χ4v) is 2.19. The topological polar surface area (TPSA) is 58.0 Å². The van der Waals surface area contributed by atoms with Gasteiger partial charge in [-0.2, -0.15) is 0 Å². The van der Waals surface area contributed by atoms with Crippen molar-refractivity contribution >= 4 is 17.4 Å². The van der Waals surface area contributed by atoms with Crippen LogP contribution in [0.1, 0.15) is 19.3 Å². The van der Waals surface area contributed by atoms with Gasteiger partial charge in [-0.05, 0) is 12.8 Å². The highest BCUT2D eigenvalue weighted by Crippen LogP contribution is 2.27. The molecule has 2 unspecified atom stereocenters. The Balaban J connectivity index is 2.02. The molecule has 0 spiro atoms. The molecule has 0 saturated heterocycles. The Labute approximate surface area is 93.7 Å². The van der Waals surface area contributed by atoms with Crippen molar-refractivity contribution in [2.75, 3.05) is 11.9 Å². The molecule has 1 aliphatic rings. The Kier molecular flexibility index (Phi) is 3.38. The summed E-state index contributed by atoms with van der Waals surface area (Å²) < 4.78 is 0. The zero-order chi connectivity index (χ0) is 10.7. The van der Waals surface area contributed by atoms with E-state index in [4.69, 9.17) is 16.7 Å². The predicted octanol–water partition coefficient (Wildman–Crippen LogP) is 1.70. The van der Waals surface area contributed by atoms with E-state index in [1.807, 2.05) is 0 Å². The lowest BCUT2D eigenvalue weighted by atomic mass is 10.1. The van der Waals surface area contributed by atoms with Gasteiger partial charge in [-0.25, -0.2) is 4.98 Å². The van der Waals surface area contributed by atoms with Gasteiger partial charge in [0.15, 0.2) is 0 Å². The van der Waals surface area contributed by atoms with Gasteiger partial charge in [0.1, 0.15) is 11.0 Å². The average molecular weight is 228 g/mol. The second-order valence-electron chi connectivity index (χ2n) is 3.85. The van der Waals surface area contributed by atoms with E-state index >= 15 is 0 Å². The minimum absolute atomic E-state index is 0.228. The fraction of sp³-hybridized carbons (Fsp3) is 0.600. The van der Waals surface area contributed by atoms with Crippen molar-refractivity contribution in [3.05, 3.63) is 17.5 Å². The number of aliphatic hydroxyl groups is 1.